The summed E-state index contributed by atoms with van der Waals surface area (Å²) in [7, 11) is 0. The lowest BCUT2D eigenvalue weighted by Crippen LogP contribution is -2.38. The fourth-order valence-corrected chi connectivity index (χ4v) is 3.91. The highest BCUT2D eigenvalue weighted by Crippen LogP contribution is 2.42. The molecule has 0 radical (unpaired) electrons. The van der Waals surface area contributed by atoms with E-state index in [0.717, 1.165) is 24.8 Å². The summed E-state index contributed by atoms with van der Waals surface area (Å²) in [6, 6.07) is 14.0. The fourth-order valence-electron chi connectivity index (χ4n) is 3.91. The zero-order valence-corrected chi connectivity index (χ0v) is 16.2. The molecular weight excluding hydrogens is 357 g/mol. The number of carbonyl (C=O) groups excluding carboxylic acids is 2. The van der Waals surface area contributed by atoms with Crippen LogP contribution in [0.25, 0.3) is 0 Å². The second-order valence-corrected chi connectivity index (χ2v) is 7.40. The summed E-state index contributed by atoms with van der Waals surface area (Å²) in [6.07, 6.45) is 3.87. The molecule has 0 aromatic heterocycles. The molecule has 0 atom stereocenters. The first-order chi connectivity index (χ1) is 13.5. The quantitative estimate of drug-likeness (QED) is 0.739. The minimum absolute atomic E-state index is 0.296. The lowest BCUT2D eigenvalue weighted by molar-refractivity contribution is -0.154. The molecule has 28 heavy (non-hydrogen) atoms. The highest BCUT2D eigenvalue weighted by atomic mass is 19.1. The first-order valence-electron chi connectivity index (χ1n) is 9.76. The molecule has 148 valence electrons. The van der Waals surface area contributed by atoms with Gasteiger partial charge in [0, 0.05) is 6.54 Å². The zero-order chi connectivity index (χ0) is 20.0. The van der Waals surface area contributed by atoms with Crippen molar-refractivity contribution in [3.05, 3.63) is 71.0 Å². The zero-order valence-electron chi connectivity index (χ0n) is 16.2. The molecule has 1 aliphatic rings. The van der Waals surface area contributed by atoms with Crippen LogP contribution in [-0.4, -0.2) is 25.0 Å². The molecule has 5 heteroatoms. The molecule has 4 nitrogen and oxygen atoms in total. The molecule has 0 spiro atoms. The van der Waals surface area contributed by atoms with Gasteiger partial charge in [-0.1, -0.05) is 49.2 Å². The molecule has 1 amide bonds. The maximum absolute atomic E-state index is 13.3. The first kappa shape index (κ1) is 20.1. The molecule has 0 bridgehead atoms. The van der Waals surface area contributed by atoms with Crippen LogP contribution in [0, 0.1) is 12.7 Å². The number of carbonyl (C=O) groups is 2. The summed E-state index contributed by atoms with van der Waals surface area (Å²) >= 11 is 0. The first-order valence-corrected chi connectivity index (χ1v) is 9.76. The normalized spacial score (nSPS) is 15.2. The van der Waals surface area contributed by atoms with Crippen LogP contribution in [0.1, 0.15) is 42.4 Å². The highest BCUT2D eigenvalue weighted by Gasteiger charge is 2.44. The number of amides is 1. The summed E-state index contributed by atoms with van der Waals surface area (Å²) in [5, 5.41) is 2.80. The molecular formula is C23H26FNO3. The minimum atomic E-state index is -0.769. The van der Waals surface area contributed by atoms with Gasteiger partial charge in [-0.2, -0.15) is 0 Å². The van der Waals surface area contributed by atoms with Gasteiger partial charge in [0.25, 0.3) is 5.91 Å². The molecule has 0 unspecified atom stereocenters. The maximum Gasteiger partial charge on any atom is 0.317 e. The average Bonchev–Trinajstić information content (AvgIpc) is 3.19. The highest BCUT2D eigenvalue weighted by molar-refractivity contribution is 5.86. The molecule has 2 aromatic carbocycles. The van der Waals surface area contributed by atoms with Crippen LogP contribution < -0.4 is 5.32 Å². The van der Waals surface area contributed by atoms with Crippen LogP contribution in [0.15, 0.2) is 48.5 Å². The van der Waals surface area contributed by atoms with Gasteiger partial charge in [0.2, 0.25) is 0 Å². The van der Waals surface area contributed by atoms with Gasteiger partial charge >= 0.3 is 5.97 Å². The number of halogens is 1. The van der Waals surface area contributed by atoms with Gasteiger partial charge in [0.15, 0.2) is 6.61 Å². The van der Waals surface area contributed by atoms with Crippen molar-refractivity contribution in [2.24, 2.45) is 0 Å². The number of benzene rings is 2. The number of ether oxygens (including phenoxy) is 1. The van der Waals surface area contributed by atoms with Gasteiger partial charge in [0.05, 0.1) is 5.41 Å². The molecule has 2 aromatic rings. The van der Waals surface area contributed by atoms with Gasteiger partial charge in [-0.25, -0.2) is 4.39 Å². The van der Waals surface area contributed by atoms with Crippen LogP contribution in [0.3, 0.4) is 0 Å². The minimum Gasteiger partial charge on any atom is -0.455 e. The third kappa shape index (κ3) is 4.58. The second-order valence-electron chi connectivity index (χ2n) is 7.40. The summed E-state index contributed by atoms with van der Waals surface area (Å²) in [5.74, 6) is -1.04. The Balaban J connectivity index is 1.52. The van der Waals surface area contributed by atoms with E-state index in [0.29, 0.717) is 19.4 Å². The monoisotopic (exact) mass is 383 g/mol. The van der Waals surface area contributed by atoms with Gasteiger partial charge in [-0.15, -0.1) is 0 Å². The lowest BCUT2D eigenvalue weighted by atomic mass is 9.79. The molecule has 1 fully saturated rings. The Bertz CT molecular complexity index is 826. The van der Waals surface area contributed by atoms with Gasteiger partial charge in [-0.05, 0) is 55.0 Å². The average molecular weight is 383 g/mol. The molecule has 0 heterocycles. The van der Waals surface area contributed by atoms with E-state index in [1.54, 1.807) is 12.1 Å². The predicted octanol–water partition coefficient (Wildman–Crippen LogP) is 3.85. The van der Waals surface area contributed by atoms with Crippen LogP contribution >= 0.6 is 0 Å². The molecule has 3 rings (SSSR count). The smallest absolute Gasteiger partial charge is 0.317 e. The van der Waals surface area contributed by atoms with Crippen molar-refractivity contribution in [3.63, 3.8) is 0 Å². The Labute approximate surface area is 165 Å². The standard InChI is InChI=1S/C23H26FNO3/c1-17-6-2-3-7-18(17)12-15-25-21(26)16-28-22(27)23(13-4-5-14-23)19-8-10-20(24)11-9-19/h2-3,6-11H,4-5,12-16H2,1H3,(H,25,26). The van der Waals surface area contributed by atoms with Crippen molar-refractivity contribution in [2.45, 2.75) is 44.4 Å². The van der Waals surface area contributed by atoms with Crippen molar-refractivity contribution >= 4 is 11.9 Å². The van der Waals surface area contributed by atoms with Crippen LogP contribution in [0.4, 0.5) is 4.39 Å². The number of hydrogen-bond donors (Lipinski definition) is 1. The lowest BCUT2D eigenvalue weighted by Gasteiger charge is -2.27. The van der Waals surface area contributed by atoms with Crippen molar-refractivity contribution in [3.8, 4) is 0 Å². The van der Waals surface area contributed by atoms with E-state index in [4.69, 9.17) is 4.74 Å². The van der Waals surface area contributed by atoms with Gasteiger partial charge in [-0.3, -0.25) is 9.59 Å². The van der Waals surface area contributed by atoms with Crippen LogP contribution in [-0.2, 0) is 26.2 Å². The van der Waals surface area contributed by atoms with E-state index in [1.807, 2.05) is 31.2 Å². The van der Waals surface area contributed by atoms with E-state index < -0.39 is 11.4 Å². The third-order valence-corrected chi connectivity index (χ3v) is 5.56. The van der Waals surface area contributed by atoms with E-state index in [9.17, 15) is 14.0 Å². The summed E-state index contributed by atoms with van der Waals surface area (Å²) in [5.41, 5.74) is 2.36. The number of hydrogen-bond acceptors (Lipinski definition) is 3. The predicted molar refractivity (Wildman–Crippen MR) is 105 cm³/mol. The molecule has 0 saturated heterocycles. The van der Waals surface area contributed by atoms with E-state index in [2.05, 4.69) is 5.32 Å². The Hall–Kier alpha value is -2.69. The van der Waals surface area contributed by atoms with Gasteiger partial charge < -0.3 is 10.1 Å². The molecule has 1 aliphatic carbocycles. The number of rotatable bonds is 7. The Morgan fingerprint density at radius 3 is 2.43 bits per heavy atom. The SMILES string of the molecule is Cc1ccccc1CCNC(=O)COC(=O)C1(c2ccc(F)cc2)CCCC1. The van der Waals surface area contributed by atoms with Gasteiger partial charge in [0.1, 0.15) is 5.82 Å². The van der Waals surface area contributed by atoms with E-state index in [-0.39, 0.29) is 18.3 Å². The topological polar surface area (TPSA) is 55.4 Å². The van der Waals surface area contributed by atoms with Crippen molar-refractivity contribution in [1.82, 2.24) is 5.32 Å². The summed E-state index contributed by atoms with van der Waals surface area (Å²) < 4.78 is 18.6. The Morgan fingerprint density at radius 2 is 1.75 bits per heavy atom. The number of nitrogens with one attached hydrogen (secondary N) is 1. The number of aryl methyl sites for hydroxylation is 1. The van der Waals surface area contributed by atoms with Crippen LogP contribution in [0.5, 0.6) is 0 Å². The fraction of sp³-hybridized carbons (Fsp3) is 0.391. The maximum atomic E-state index is 13.3. The van der Waals surface area contributed by atoms with Crippen LogP contribution in [0.2, 0.25) is 0 Å². The molecule has 1 saturated carbocycles. The summed E-state index contributed by atoms with van der Waals surface area (Å²) in [6.45, 7) is 2.23. The largest absolute Gasteiger partial charge is 0.455 e. The Morgan fingerprint density at radius 1 is 1.07 bits per heavy atom. The number of esters is 1. The summed E-state index contributed by atoms with van der Waals surface area (Å²) in [4.78, 5) is 24.9. The van der Waals surface area contributed by atoms with Crippen molar-refractivity contribution in [2.75, 3.05) is 13.2 Å². The van der Waals surface area contributed by atoms with Crippen molar-refractivity contribution < 1.29 is 18.7 Å². The van der Waals surface area contributed by atoms with E-state index in [1.165, 1.54) is 23.3 Å². The second kappa shape index (κ2) is 9.00. The molecule has 1 N–H and O–H groups in total. The third-order valence-electron chi connectivity index (χ3n) is 5.56. The molecule has 0 aliphatic heterocycles. The Kier molecular flexibility index (Phi) is 6.45. The van der Waals surface area contributed by atoms with Crippen molar-refractivity contribution in [1.29, 1.82) is 0 Å². The van der Waals surface area contributed by atoms with E-state index >= 15 is 0 Å².